The smallest absolute Gasteiger partial charge is 0.266 e. The third kappa shape index (κ3) is 5.13. The van der Waals surface area contributed by atoms with E-state index >= 15 is 0 Å². The van der Waals surface area contributed by atoms with Crippen molar-refractivity contribution in [2.24, 2.45) is 0 Å². The van der Waals surface area contributed by atoms with Crippen LogP contribution in [0.1, 0.15) is 38.2 Å². The molecule has 0 aliphatic heterocycles. The van der Waals surface area contributed by atoms with Gasteiger partial charge in [-0.2, -0.15) is 5.10 Å². The first-order valence-corrected chi connectivity index (χ1v) is 9.41. The second-order valence-electron chi connectivity index (χ2n) is 6.94. The molecule has 2 aromatic heterocycles. The fourth-order valence-corrected chi connectivity index (χ4v) is 2.85. The Bertz CT molecular complexity index is 979. The zero-order valence-electron chi connectivity index (χ0n) is 16.1. The van der Waals surface area contributed by atoms with Crippen molar-refractivity contribution in [1.82, 2.24) is 14.8 Å². The van der Waals surface area contributed by atoms with Crippen LogP contribution in [0.15, 0.2) is 65.7 Å². The van der Waals surface area contributed by atoms with Gasteiger partial charge in [0.05, 0.1) is 5.69 Å². The van der Waals surface area contributed by atoms with Gasteiger partial charge in [0, 0.05) is 42.7 Å². The minimum Gasteiger partial charge on any atom is -0.326 e. The van der Waals surface area contributed by atoms with Gasteiger partial charge in [-0.1, -0.05) is 26.0 Å². The van der Waals surface area contributed by atoms with Gasteiger partial charge in [0.15, 0.2) is 0 Å². The van der Waals surface area contributed by atoms with Gasteiger partial charge in [0.25, 0.3) is 5.56 Å². The Morgan fingerprint density at radius 2 is 1.75 bits per heavy atom. The lowest BCUT2D eigenvalue weighted by molar-refractivity contribution is -0.116. The number of hydrogen-bond donors (Lipinski definition) is 1. The maximum absolute atomic E-state index is 12.2. The quantitative estimate of drug-likeness (QED) is 0.679. The molecule has 0 unspecified atom stereocenters. The molecular formula is C22H24N4O2. The molecule has 1 N–H and O–H groups in total. The molecule has 0 bridgehead atoms. The van der Waals surface area contributed by atoms with Gasteiger partial charge >= 0.3 is 0 Å². The number of carbonyl (C=O) groups is 1. The van der Waals surface area contributed by atoms with Crippen LogP contribution in [0.4, 0.5) is 5.69 Å². The summed E-state index contributed by atoms with van der Waals surface area (Å²) in [6.45, 7) is 4.65. The van der Waals surface area contributed by atoms with Crippen LogP contribution in [0.25, 0.3) is 11.3 Å². The third-order valence-electron chi connectivity index (χ3n) is 4.48. The standard InChI is InChI=1S/C22H24N4O2/c1-16(2)17-5-7-19(8-6-17)24-21(27)4-3-15-26-22(28)10-9-20(25-26)18-11-13-23-14-12-18/h5-14,16H,3-4,15H2,1-2H3,(H,24,27). The summed E-state index contributed by atoms with van der Waals surface area (Å²) >= 11 is 0. The van der Waals surface area contributed by atoms with E-state index in [0.29, 0.717) is 31.0 Å². The number of aryl methyl sites for hydroxylation is 1. The summed E-state index contributed by atoms with van der Waals surface area (Å²) in [5.74, 6) is 0.383. The lowest BCUT2D eigenvalue weighted by Gasteiger charge is -2.09. The van der Waals surface area contributed by atoms with Gasteiger partial charge in [-0.3, -0.25) is 14.6 Å². The van der Waals surface area contributed by atoms with E-state index in [0.717, 1.165) is 11.3 Å². The van der Waals surface area contributed by atoms with Crippen molar-refractivity contribution >= 4 is 11.6 Å². The van der Waals surface area contributed by atoms with Crippen molar-refractivity contribution in [3.63, 3.8) is 0 Å². The second-order valence-corrected chi connectivity index (χ2v) is 6.94. The van der Waals surface area contributed by atoms with Crippen molar-refractivity contribution in [3.8, 4) is 11.3 Å². The monoisotopic (exact) mass is 376 g/mol. The second kappa shape index (κ2) is 9.08. The molecule has 0 aliphatic carbocycles. The summed E-state index contributed by atoms with van der Waals surface area (Å²) in [6, 6.07) is 14.8. The molecule has 0 saturated carbocycles. The predicted octanol–water partition coefficient (Wildman–Crippen LogP) is 3.85. The zero-order chi connectivity index (χ0) is 19.9. The highest BCUT2D eigenvalue weighted by Gasteiger charge is 2.07. The van der Waals surface area contributed by atoms with Gasteiger partial charge in [-0.15, -0.1) is 0 Å². The number of amides is 1. The average molecular weight is 376 g/mol. The van der Waals surface area contributed by atoms with Crippen molar-refractivity contribution in [3.05, 3.63) is 76.8 Å². The Morgan fingerprint density at radius 3 is 2.43 bits per heavy atom. The summed E-state index contributed by atoms with van der Waals surface area (Å²) < 4.78 is 1.40. The van der Waals surface area contributed by atoms with Gasteiger partial charge < -0.3 is 5.32 Å². The number of anilines is 1. The van der Waals surface area contributed by atoms with Crippen molar-refractivity contribution in [1.29, 1.82) is 0 Å². The van der Waals surface area contributed by atoms with Gasteiger partial charge in [-0.05, 0) is 48.2 Å². The molecular weight excluding hydrogens is 352 g/mol. The van der Waals surface area contributed by atoms with Crippen LogP contribution in [-0.4, -0.2) is 20.7 Å². The molecule has 6 heteroatoms. The summed E-state index contributed by atoms with van der Waals surface area (Å²) in [7, 11) is 0. The molecule has 0 fully saturated rings. The molecule has 0 atom stereocenters. The van der Waals surface area contributed by atoms with E-state index in [1.807, 2.05) is 36.4 Å². The van der Waals surface area contributed by atoms with E-state index in [1.165, 1.54) is 16.3 Å². The molecule has 28 heavy (non-hydrogen) atoms. The summed E-state index contributed by atoms with van der Waals surface area (Å²) in [6.07, 6.45) is 4.22. The molecule has 2 heterocycles. The van der Waals surface area contributed by atoms with Crippen LogP contribution in [0, 0.1) is 0 Å². The Labute approximate surface area is 164 Å². The molecule has 3 aromatic rings. The van der Waals surface area contributed by atoms with E-state index in [1.54, 1.807) is 18.5 Å². The van der Waals surface area contributed by atoms with Gasteiger partial charge in [-0.25, -0.2) is 4.68 Å². The van der Waals surface area contributed by atoms with Gasteiger partial charge in [0.1, 0.15) is 0 Å². The first kappa shape index (κ1) is 19.5. The molecule has 0 aliphatic rings. The minimum absolute atomic E-state index is 0.0735. The molecule has 0 spiro atoms. The maximum Gasteiger partial charge on any atom is 0.266 e. The first-order valence-electron chi connectivity index (χ1n) is 9.41. The Balaban J connectivity index is 1.56. The number of rotatable bonds is 7. The summed E-state index contributed by atoms with van der Waals surface area (Å²) in [4.78, 5) is 28.2. The number of aromatic nitrogens is 3. The predicted molar refractivity (Wildman–Crippen MR) is 110 cm³/mol. The highest BCUT2D eigenvalue weighted by atomic mass is 16.1. The first-order chi connectivity index (χ1) is 13.5. The lowest BCUT2D eigenvalue weighted by Crippen LogP contribution is -2.23. The number of hydrogen-bond acceptors (Lipinski definition) is 4. The van der Waals surface area contributed by atoms with E-state index in [4.69, 9.17) is 0 Å². The van der Waals surface area contributed by atoms with Crippen LogP contribution < -0.4 is 10.9 Å². The number of pyridine rings is 1. The Hall–Kier alpha value is -3.28. The van der Waals surface area contributed by atoms with Crippen molar-refractivity contribution < 1.29 is 4.79 Å². The molecule has 1 aromatic carbocycles. The zero-order valence-corrected chi connectivity index (χ0v) is 16.1. The van der Waals surface area contributed by atoms with Crippen LogP contribution >= 0.6 is 0 Å². The van der Waals surface area contributed by atoms with E-state index in [9.17, 15) is 9.59 Å². The highest BCUT2D eigenvalue weighted by Crippen LogP contribution is 2.17. The molecule has 1 amide bonds. The molecule has 0 saturated heterocycles. The fraction of sp³-hybridized carbons (Fsp3) is 0.273. The Morgan fingerprint density at radius 1 is 1.04 bits per heavy atom. The van der Waals surface area contributed by atoms with Crippen LogP contribution in [-0.2, 0) is 11.3 Å². The Kier molecular flexibility index (Phi) is 6.32. The van der Waals surface area contributed by atoms with Crippen LogP contribution in [0.2, 0.25) is 0 Å². The molecule has 6 nitrogen and oxygen atoms in total. The third-order valence-corrected chi connectivity index (χ3v) is 4.48. The number of benzene rings is 1. The largest absolute Gasteiger partial charge is 0.326 e. The molecule has 3 rings (SSSR count). The number of carbonyl (C=O) groups excluding carboxylic acids is 1. The highest BCUT2D eigenvalue weighted by molar-refractivity contribution is 5.90. The van der Waals surface area contributed by atoms with Crippen LogP contribution in [0.5, 0.6) is 0 Å². The molecule has 0 radical (unpaired) electrons. The van der Waals surface area contributed by atoms with Crippen molar-refractivity contribution in [2.45, 2.75) is 39.2 Å². The van der Waals surface area contributed by atoms with Gasteiger partial charge in [0.2, 0.25) is 5.91 Å². The lowest BCUT2D eigenvalue weighted by atomic mass is 10.0. The van der Waals surface area contributed by atoms with E-state index in [-0.39, 0.29) is 11.5 Å². The summed E-state index contributed by atoms with van der Waals surface area (Å²) in [5, 5.41) is 7.29. The number of nitrogens with one attached hydrogen (secondary N) is 1. The summed E-state index contributed by atoms with van der Waals surface area (Å²) in [5.41, 5.74) is 3.44. The maximum atomic E-state index is 12.2. The minimum atomic E-state index is -0.178. The average Bonchev–Trinajstić information content (AvgIpc) is 2.70. The van der Waals surface area contributed by atoms with Crippen molar-refractivity contribution in [2.75, 3.05) is 5.32 Å². The normalized spacial score (nSPS) is 10.8. The number of nitrogens with zero attached hydrogens (tertiary/aromatic N) is 3. The fourth-order valence-electron chi connectivity index (χ4n) is 2.85. The van der Waals surface area contributed by atoms with Crippen LogP contribution in [0.3, 0.4) is 0 Å². The van der Waals surface area contributed by atoms with E-state index < -0.39 is 0 Å². The molecule has 144 valence electrons. The topological polar surface area (TPSA) is 76.9 Å². The SMILES string of the molecule is CC(C)c1ccc(NC(=O)CCCn2nc(-c3ccncc3)ccc2=O)cc1. The van der Waals surface area contributed by atoms with E-state index in [2.05, 4.69) is 29.2 Å².